The summed E-state index contributed by atoms with van der Waals surface area (Å²) in [5.41, 5.74) is 2.12. The lowest BCUT2D eigenvalue weighted by atomic mass is 10.0. The SMILES string of the molecule is C=CCNC(=O)C(C)N(CC(F)F)C(=O)C(O)C(CC)NC(=O)c1cccc2c1CCN2.CC.c1ccccc1. The lowest BCUT2D eigenvalue weighted by Crippen LogP contribution is -2.57. The Kier molecular flexibility index (Phi) is 15.8. The highest BCUT2D eigenvalue weighted by molar-refractivity contribution is 5.98. The van der Waals surface area contributed by atoms with Crippen LogP contribution in [0, 0.1) is 0 Å². The van der Waals surface area contributed by atoms with Crippen molar-refractivity contribution in [2.45, 2.75) is 65.1 Å². The van der Waals surface area contributed by atoms with E-state index < -0.39 is 48.9 Å². The number of nitrogens with one attached hydrogen (secondary N) is 3. The highest BCUT2D eigenvalue weighted by Gasteiger charge is 2.36. The predicted molar refractivity (Wildman–Crippen MR) is 154 cm³/mol. The minimum absolute atomic E-state index is 0.104. The van der Waals surface area contributed by atoms with Crippen LogP contribution in [0.15, 0.2) is 67.3 Å². The number of anilines is 1. The van der Waals surface area contributed by atoms with E-state index in [0.717, 1.165) is 11.3 Å². The molecular formula is C30H42F2N4O4. The molecule has 3 unspecified atom stereocenters. The normalized spacial score (nSPS) is 13.5. The van der Waals surface area contributed by atoms with Crippen LogP contribution in [0.1, 0.15) is 50.0 Å². The molecule has 0 spiro atoms. The molecular weight excluding hydrogens is 518 g/mol. The first-order valence-corrected chi connectivity index (χ1v) is 13.5. The summed E-state index contributed by atoms with van der Waals surface area (Å²) in [4.78, 5) is 38.6. The molecule has 1 heterocycles. The van der Waals surface area contributed by atoms with Gasteiger partial charge in [0.05, 0.1) is 12.6 Å². The maximum absolute atomic E-state index is 13.1. The molecule has 1 aliphatic rings. The second-order valence-corrected chi connectivity index (χ2v) is 8.69. The average Bonchev–Trinajstić information content (AvgIpc) is 3.47. The first-order valence-electron chi connectivity index (χ1n) is 13.5. The standard InChI is InChI=1S/C22H30F2N4O4.C6H6.C2H6/c1-4-10-26-20(30)13(3)28(12-18(23)24)22(32)19(29)16(5-2)27-21(31)15-7-6-8-17-14(15)9-11-25-17;1-2-4-6-5-3-1;1-2/h4,6-8,13,16,18-19,25,29H,1,5,9-12H2,2-3H3,(H,26,30)(H,27,31);1-6H;1-2H3. The van der Waals surface area contributed by atoms with Crippen molar-refractivity contribution >= 4 is 23.4 Å². The second kappa shape index (κ2) is 18.5. The number of alkyl halides is 2. The van der Waals surface area contributed by atoms with Crippen LogP contribution in [-0.4, -0.2) is 72.0 Å². The lowest BCUT2D eigenvalue weighted by molar-refractivity contribution is -0.150. The highest BCUT2D eigenvalue weighted by Crippen LogP contribution is 2.25. The van der Waals surface area contributed by atoms with Crippen LogP contribution in [0.3, 0.4) is 0 Å². The first kappa shape index (κ1) is 34.2. The molecule has 40 heavy (non-hydrogen) atoms. The average molecular weight is 561 g/mol. The molecule has 0 fully saturated rings. The Morgan fingerprint density at radius 2 is 1.70 bits per heavy atom. The van der Waals surface area contributed by atoms with Crippen molar-refractivity contribution in [1.82, 2.24) is 15.5 Å². The summed E-state index contributed by atoms with van der Waals surface area (Å²) in [5, 5.41) is 18.9. The van der Waals surface area contributed by atoms with Gasteiger partial charge in [-0.15, -0.1) is 6.58 Å². The number of nitrogens with zero attached hydrogens (tertiary/aromatic N) is 1. The molecule has 0 radical (unpaired) electrons. The Morgan fingerprint density at radius 1 is 1.10 bits per heavy atom. The van der Waals surface area contributed by atoms with Crippen molar-refractivity contribution in [3.05, 3.63) is 78.4 Å². The summed E-state index contributed by atoms with van der Waals surface area (Å²) < 4.78 is 26.3. The van der Waals surface area contributed by atoms with E-state index in [1.807, 2.05) is 56.3 Å². The van der Waals surface area contributed by atoms with Gasteiger partial charge in [-0.1, -0.05) is 69.3 Å². The third-order valence-corrected chi connectivity index (χ3v) is 6.05. The zero-order chi connectivity index (χ0) is 30.1. The van der Waals surface area contributed by atoms with Crippen LogP contribution >= 0.6 is 0 Å². The molecule has 1 aliphatic heterocycles. The molecule has 220 valence electrons. The highest BCUT2D eigenvalue weighted by atomic mass is 19.3. The van der Waals surface area contributed by atoms with Crippen LogP contribution in [-0.2, 0) is 16.0 Å². The van der Waals surface area contributed by atoms with Gasteiger partial charge in [0, 0.05) is 24.3 Å². The summed E-state index contributed by atoms with van der Waals surface area (Å²) in [6.45, 7) is 10.2. The van der Waals surface area contributed by atoms with E-state index in [1.54, 1.807) is 19.1 Å². The van der Waals surface area contributed by atoms with Gasteiger partial charge in [-0.05, 0) is 37.5 Å². The van der Waals surface area contributed by atoms with Crippen molar-refractivity contribution in [3.8, 4) is 0 Å². The van der Waals surface area contributed by atoms with Gasteiger partial charge < -0.3 is 26.0 Å². The smallest absolute Gasteiger partial charge is 0.255 e. The number of halogens is 2. The third kappa shape index (κ3) is 10.4. The molecule has 8 nitrogen and oxygen atoms in total. The van der Waals surface area contributed by atoms with Gasteiger partial charge in [0.2, 0.25) is 5.91 Å². The summed E-state index contributed by atoms with van der Waals surface area (Å²) in [6, 6.07) is 15.0. The monoisotopic (exact) mass is 560 g/mol. The molecule has 0 aromatic heterocycles. The molecule has 3 amide bonds. The number of rotatable bonds is 11. The Balaban J connectivity index is 0.000000866. The fraction of sp³-hybridized carbons (Fsp3) is 0.433. The van der Waals surface area contributed by atoms with Crippen molar-refractivity contribution in [3.63, 3.8) is 0 Å². The van der Waals surface area contributed by atoms with Gasteiger partial charge in [0.25, 0.3) is 18.2 Å². The minimum Gasteiger partial charge on any atom is -0.384 e. The Bertz CT molecular complexity index is 1040. The van der Waals surface area contributed by atoms with Crippen molar-refractivity contribution < 1.29 is 28.3 Å². The van der Waals surface area contributed by atoms with Gasteiger partial charge in [-0.2, -0.15) is 0 Å². The van der Waals surface area contributed by atoms with E-state index in [9.17, 15) is 28.3 Å². The van der Waals surface area contributed by atoms with Crippen LogP contribution < -0.4 is 16.0 Å². The van der Waals surface area contributed by atoms with E-state index in [1.165, 1.54) is 13.0 Å². The molecule has 3 atom stereocenters. The lowest BCUT2D eigenvalue weighted by Gasteiger charge is -2.32. The van der Waals surface area contributed by atoms with Crippen LogP contribution in [0.5, 0.6) is 0 Å². The molecule has 2 aromatic rings. The maximum atomic E-state index is 13.1. The fourth-order valence-electron chi connectivity index (χ4n) is 3.98. The van der Waals surface area contributed by atoms with Crippen LogP contribution in [0.2, 0.25) is 0 Å². The Labute approximate surface area is 235 Å². The van der Waals surface area contributed by atoms with Crippen LogP contribution in [0.4, 0.5) is 14.5 Å². The predicted octanol–water partition coefficient (Wildman–Crippen LogP) is 4.02. The Hall–Kier alpha value is -3.79. The van der Waals surface area contributed by atoms with E-state index >= 15 is 0 Å². The van der Waals surface area contributed by atoms with E-state index in [-0.39, 0.29) is 13.0 Å². The Morgan fingerprint density at radius 3 is 2.23 bits per heavy atom. The maximum Gasteiger partial charge on any atom is 0.255 e. The molecule has 3 rings (SSSR count). The zero-order valence-corrected chi connectivity index (χ0v) is 23.7. The number of benzene rings is 2. The van der Waals surface area contributed by atoms with Crippen molar-refractivity contribution in [1.29, 1.82) is 0 Å². The summed E-state index contributed by atoms with van der Waals surface area (Å²) >= 11 is 0. The molecule has 2 aromatic carbocycles. The van der Waals surface area contributed by atoms with Gasteiger partial charge >= 0.3 is 0 Å². The van der Waals surface area contributed by atoms with Gasteiger partial charge in [-0.3, -0.25) is 14.4 Å². The molecule has 10 heteroatoms. The number of hydrogen-bond donors (Lipinski definition) is 4. The molecule has 0 saturated carbocycles. The summed E-state index contributed by atoms with van der Waals surface area (Å²) in [6.07, 6.45) is -2.46. The van der Waals surface area contributed by atoms with Gasteiger partial charge in [-0.25, -0.2) is 8.78 Å². The van der Waals surface area contributed by atoms with Crippen molar-refractivity contribution in [2.24, 2.45) is 0 Å². The number of amides is 3. The number of hydrogen-bond acceptors (Lipinski definition) is 5. The fourth-order valence-corrected chi connectivity index (χ4v) is 3.98. The minimum atomic E-state index is -2.91. The van der Waals surface area contributed by atoms with Gasteiger partial charge in [0.15, 0.2) is 6.10 Å². The number of aliphatic hydroxyl groups excluding tert-OH is 1. The van der Waals surface area contributed by atoms with E-state index in [0.29, 0.717) is 23.4 Å². The largest absolute Gasteiger partial charge is 0.384 e. The molecule has 0 aliphatic carbocycles. The second-order valence-electron chi connectivity index (χ2n) is 8.69. The number of fused-ring (bicyclic) bond motifs is 1. The molecule has 0 bridgehead atoms. The third-order valence-electron chi connectivity index (χ3n) is 6.05. The van der Waals surface area contributed by atoms with E-state index in [4.69, 9.17) is 0 Å². The van der Waals surface area contributed by atoms with E-state index in [2.05, 4.69) is 22.5 Å². The zero-order valence-electron chi connectivity index (χ0n) is 23.7. The van der Waals surface area contributed by atoms with Gasteiger partial charge in [0.1, 0.15) is 6.04 Å². The van der Waals surface area contributed by atoms with Crippen molar-refractivity contribution in [2.75, 3.05) is 25.0 Å². The number of carbonyl (C=O) groups is 3. The van der Waals surface area contributed by atoms with Crippen LogP contribution in [0.25, 0.3) is 0 Å². The summed E-state index contributed by atoms with van der Waals surface area (Å²) in [7, 11) is 0. The number of carbonyl (C=O) groups excluding carboxylic acids is 3. The molecule has 4 N–H and O–H groups in total. The molecule has 0 saturated heterocycles. The first-order chi connectivity index (χ1) is 19.2. The topological polar surface area (TPSA) is 111 Å². The quantitative estimate of drug-likeness (QED) is 0.310. The number of aliphatic hydroxyl groups is 1. The summed E-state index contributed by atoms with van der Waals surface area (Å²) in [5.74, 6) is -2.18.